The molecule has 0 bridgehead atoms. The Morgan fingerprint density at radius 3 is 2.34 bits per heavy atom. The number of halogens is 1. The Morgan fingerprint density at radius 1 is 1.03 bits per heavy atom. The molecule has 2 aromatic carbocycles. The van der Waals surface area contributed by atoms with Gasteiger partial charge < -0.3 is 10.6 Å². The number of allylic oxidation sites excluding steroid dienone is 1. The van der Waals surface area contributed by atoms with Gasteiger partial charge in [0.1, 0.15) is 5.82 Å². The summed E-state index contributed by atoms with van der Waals surface area (Å²) in [6.07, 6.45) is 5.00. The van der Waals surface area contributed by atoms with Gasteiger partial charge in [-0.15, -0.1) is 0 Å². The van der Waals surface area contributed by atoms with Crippen LogP contribution in [0, 0.1) is 40.1 Å². The highest BCUT2D eigenvalue weighted by Crippen LogP contribution is 2.28. The van der Waals surface area contributed by atoms with Crippen LogP contribution in [0.2, 0.25) is 0 Å². The van der Waals surface area contributed by atoms with Crippen LogP contribution in [0.25, 0.3) is 6.08 Å². The number of aryl methyl sites for hydroxylation is 2. The summed E-state index contributed by atoms with van der Waals surface area (Å²) in [6.45, 7) is 4.03. The third-order valence-corrected chi connectivity index (χ3v) is 4.95. The number of nitrogens with one attached hydrogen (secondary N) is 2. The summed E-state index contributed by atoms with van der Waals surface area (Å²) in [5.74, 6) is 1.16. The number of anilines is 4. The fourth-order valence-corrected chi connectivity index (χ4v) is 3.21. The van der Waals surface area contributed by atoms with Crippen molar-refractivity contribution in [1.29, 1.82) is 10.5 Å². The van der Waals surface area contributed by atoms with Gasteiger partial charge in [0.05, 0.1) is 21.3 Å². The fourth-order valence-electron chi connectivity index (χ4n) is 2.81. The lowest BCUT2D eigenvalue weighted by Crippen LogP contribution is -2.05. The summed E-state index contributed by atoms with van der Waals surface area (Å²) in [7, 11) is 0. The molecule has 0 spiro atoms. The van der Waals surface area contributed by atoms with Gasteiger partial charge in [-0.2, -0.15) is 15.5 Å². The van der Waals surface area contributed by atoms with Crippen LogP contribution in [0.1, 0.15) is 22.3 Å². The van der Waals surface area contributed by atoms with Gasteiger partial charge in [0, 0.05) is 23.6 Å². The highest BCUT2D eigenvalue weighted by atomic mass is 127. The maximum atomic E-state index is 8.91. The van der Waals surface area contributed by atoms with E-state index in [2.05, 4.69) is 49.3 Å². The van der Waals surface area contributed by atoms with Gasteiger partial charge in [-0.3, -0.25) is 0 Å². The normalized spacial score (nSPS) is 10.4. The van der Waals surface area contributed by atoms with E-state index < -0.39 is 0 Å². The minimum atomic E-state index is 0.460. The molecular formula is C22H17IN6. The maximum absolute atomic E-state index is 8.91. The first kappa shape index (κ1) is 20.3. The second-order valence-electron chi connectivity index (χ2n) is 6.32. The Labute approximate surface area is 183 Å². The van der Waals surface area contributed by atoms with Crippen LogP contribution < -0.4 is 10.6 Å². The van der Waals surface area contributed by atoms with E-state index in [1.54, 1.807) is 24.4 Å². The molecule has 3 rings (SSSR count). The quantitative estimate of drug-likeness (QED) is 0.356. The molecule has 0 amide bonds. The molecule has 0 unspecified atom stereocenters. The van der Waals surface area contributed by atoms with Gasteiger partial charge in [-0.25, -0.2) is 4.98 Å². The van der Waals surface area contributed by atoms with Crippen LogP contribution in [-0.4, -0.2) is 9.97 Å². The molecule has 1 aromatic heterocycles. The van der Waals surface area contributed by atoms with Crippen LogP contribution in [0.15, 0.2) is 48.7 Å². The molecule has 0 aliphatic heterocycles. The molecular weight excluding hydrogens is 475 g/mol. The third kappa shape index (κ3) is 5.09. The summed E-state index contributed by atoms with van der Waals surface area (Å²) < 4.78 is 0.889. The summed E-state index contributed by atoms with van der Waals surface area (Å²) >= 11 is 2.19. The predicted octanol–water partition coefficient (Wildman–Crippen LogP) is 5.59. The first-order valence-corrected chi connectivity index (χ1v) is 9.82. The number of aromatic nitrogens is 2. The monoisotopic (exact) mass is 492 g/mol. The van der Waals surface area contributed by atoms with Crippen LogP contribution in [0.5, 0.6) is 0 Å². The zero-order chi connectivity index (χ0) is 20.8. The van der Waals surface area contributed by atoms with E-state index in [9.17, 15) is 0 Å². The van der Waals surface area contributed by atoms with E-state index in [-0.39, 0.29) is 0 Å². The Morgan fingerprint density at radius 2 is 1.72 bits per heavy atom. The van der Waals surface area contributed by atoms with E-state index in [0.717, 1.165) is 31.6 Å². The summed E-state index contributed by atoms with van der Waals surface area (Å²) in [5, 5.41) is 24.2. The molecule has 29 heavy (non-hydrogen) atoms. The average Bonchev–Trinajstić information content (AvgIpc) is 2.72. The van der Waals surface area contributed by atoms with Gasteiger partial charge in [-0.1, -0.05) is 0 Å². The molecule has 6 nitrogen and oxygen atoms in total. The number of hydrogen-bond donors (Lipinski definition) is 2. The third-order valence-electron chi connectivity index (χ3n) is 4.16. The molecule has 0 radical (unpaired) electrons. The van der Waals surface area contributed by atoms with Crippen LogP contribution in [-0.2, 0) is 0 Å². The van der Waals surface area contributed by atoms with E-state index in [0.29, 0.717) is 17.3 Å². The summed E-state index contributed by atoms with van der Waals surface area (Å²) in [4.78, 5) is 8.93. The number of benzene rings is 2. The number of rotatable bonds is 5. The summed E-state index contributed by atoms with van der Waals surface area (Å²) in [6, 6.07) is 15.3. The van der Waals surface area contributed by atoms with Crippen molar-refractivity contribution in [3.05, 3.63) is 74.5 Å². The van der Waals surface area contributed by atoms with Crippen LogP contribution in [0.4, 0.5) is 23.1 Å². The molecule has 0 fully saturated rings. The van der Waals surface area contributed by atoms with E-state index in [1.807, 2.05) is 44.2 Å². The second-order valence-corrected chi connectivity index (χ2v) is 7.48. The minimum Gasteiger partial charge on any atom is -0.339 e. The Bertz CT molecular complexity index is 1130. The molecule has 3 aromatic rings. The van der Waals surface area contributed by atoms with E-state index in [4.69, 9.17) is 10.5 Å². The van der Waals surface area contributed by atoms with E-state index in [1.165, 1.54) is 6.08 Å². The van der Waals surface area contributed by atoms with Crippen molar-refractivity contribution in [2.75, 3.05) is 10.6 Å². The molecule has 0 aliphatic rings. The second kappa shape index (κ2) is 9.18. The Balaban J connectivity index is 1.86. The van der Waals surface area contributed by atoms with Gasteiger partial charge in [-0.05, 0) is 95.6 Å². The zero-order valence-corrected chi connectivity index (χ0v) is 18.0. The molecule has 2 N–H and O–H groups in total. The Kier molecular flexibility index (Phi) is 6.43. The van der Waals surface area contributed by atoms with Crippen molar-refractivity contribution in [2.45, 2.75) is 13.8 Å². The van der Waals surface area contributed by atoms with Crippen LogP contribution in [0.3, 0.4) is 0 Å². The number of nitriles is 2. The van der Waals surface area contributed by atoms with E-state index >= 15 is 0 Å². The first-order valence-electron chi connectivity index (χ1n) is 8.74. The predicted molar refractivity (Wildman–Crippen MR) is 123 cm³/mol. The smallest absolute Gasteiger partial charge is 0.229 e. The van der Waals surface area contributed by atoms with Crippen molar-refractivity contribution in [3.63, 3.8) is 0 Å². The Hall–Kier alpha value is -3.43. The fraction of sp³-hybridized carbons (Fsp3) is 0.0909. The summed E-state index contributed by atoms with van der Waals surface area (Å²) in [5.41, 5.74) is 5.46. The lowest BCUT2D eigenvalue weighted by Gasteiger charge is -2.15. The zero-order valence-electron chi connectivity index (χ0n) is 15.9. The number of hydrogen-bond acceptors (Lipinski definition) is 6. The molecule has 0 saturated carbocycles. The standard InChI is InChI=1S/C22H17IN6/c1-14-10-17(4-3-9-24)11-15(2)20(14)28-21-19(23)13-26-22(29-21)27-18-7-5-16(12-25)6-8-18/h3-8,10-11,13H,1-2H3,(H2,26,27,28,29). The van der Waals surface area contributed by atoms with Crippen molar-refractivity contribution in [3.8, 4) is 12.1 Å². The molecule has 1 heterocycles. The topological polar surface area (TPSA) is 97.4 Å². The van der Waals surface area contributed by atoms with Gasteiger partial charge >= 0.3 is 0 Å². The maximum Gasteiger partial charge on any atom is 0.229 e. The average molecular weight is 492 g/mol. The lowest BCUT2D eigenvalue weighted by molar-refractivity contribution is 1.15. The first-order chi connectivity index (χ1) is 14.0. The molecule has 142 valence electrons. The molecule has 0 saturated heterocycles. The van der Waals surface area contributed by atoms with Crippen molar-refractivity contribution >= 4 is 51.8 Å². The molecule has 0 atom stereocenters. The van der Waals surface area contributed by atoms with Crippen LogP contribution >= 0.6 is 22.6 Å². The highest BCUT2D eigenvalue weighted by molar-refractivity contribution is 14.1. The molecule has 7 heteroatoms. The number of nitrogens with zero attached hydrogens (tertiary/aromatic N) is 4. The highest BCUT2D eigenvalue weighted by Gasteiger charge is 2.10. The van der Waals surface area contributed by atoms with Gasteiger partial charge in [0.15, 0.2) is 0 Å². The molecule has 0 aliphatic carbocycles. The largest absolute Gasteiger partial charge is 0.339 e. The van der Waals surface area contributed by atoms with Crippen molar-refractivity contribution in [2.24, 2.45) is 0 Å². The van der Waals surface area contributed by atoms with Crippen molar-refractivity contribution < 1.29 is 0 Å². The van der Waals surface area contributed by atoms with Gasteiger partial charge in [0.2, 0.25) is 5.95 Å². The SMILES string of the molecule is Cc1cc(C=CC#N)cc(C)c1Nc1nc(Nc2ccc(C#N)cc2)ncc1I. The van der Waals surface area contributed by atoms with Gasteiger partial charge in [0.25, 0.3) is 0 Å². The minimum absolute atomic E-state index is 0.460. The lowest BCUT2D eigenvalue weighted by atomic mass is 10.0. The van der Waals surface area contributed by atoms with Crippen molar-refractivity contribution in [1.82, 2.24) is 9.97 Å².